The molecular formula is C67H130O6. The zero-order valence-electron chi connectivity index (χ0n) is 50.3. The van der Waals surface area contributed by atoms with Crippen LogP contribution in [0.5, 0.6) is 0 Å². The maximum Gasteiger partial charge on any atom is 0.306 e. The highest BCUT2D eigenvalue weighted by atomic mass is 16.6. The van der Waals surface area contributed by atoms with Gasteiger partial charge in [-0.15, -0.1) is 0 Å². The fraction of sp³-hybridized carbons (Fsp3) is 0.955. The van der Waals surface area contributed by atoms with Crippen LogP contribution in [0.4, 0.5) is 0 Å². The standard InChI is InChI=1S/C67H130O6/c1-6-7-8-9-10-11-12-13-14-15-16-20-23-26-32-37-42-47-52-57-65(68)71-60-64(73-67(70)59-54-49-44-39-34-29-28-31-36-41-46-51-56-63(4)5)61-72-66(69)58-53-48-43-38-33-27-24-21-18-17-19-22-25-30-35-40-45-50-55-62(2)3/h62-64H,6-61H2,1-5H3/t64-/m0/s1. The molecule has 0 N–H and O–H groups in total. The minimum atomic E-state index is -0.764. The fourth-order valence-electron chi connectivity index (χ4n) is 10.5. The maximum atomic E-state index is 12.9. The lowest BCUT2D eigenvalue weighted by molar-refractivity contribution is -0.167. The van der Waals surface area contributed by atoms with Crippen molar-refractivity contribution in [2.24, 2.45) is 11.8 Å². The SMILES string of the molecule is CCCCCCCCCCCCCCCCCCCCCC(=O)OC[C@@H](COC(=O)CCCCCCCCCCCCCCCCCCCCC(C)C)OC(=O)CCCCCCCCCCCCCCC(C)C. The van der Waals surface area contributed by atoms with Crippen molar-refractivity contribution in [3.8, 4) is 0 Å². The third-order valence-electron chi connectivity index (χ3n) is 15.5. The minimum Gasteiger partial charge on any atom is -0.462 e. The molecule has 0 aromatic heterocycles. The average Bonchev–Trinajstić information content (AvgIpc) is 3.37. The lowest BCUT2D eigenvalue weighted by Crippen LogP contribution is -2.30. The molecule has 6 nitrogen and oxygen atoms in total. The van der Waals surface area contributed by atoms with Crippen molar-refractivity contribution in [2.45, 2.75) is 387 Å². The Morgan fingerprint density at radius 1 is 0.260 bits per heavy atom. The zero-order valence-corrected chi connectivity index (χ0v) is 50.3. The smallest absolute Gasteiger partial charge is 0.306 e. The zero-order chi connectivity index (χ0) is 53.2. The summed E-state index contributed by atoms with van der Waals surface area (Å²) in [5, 5.41) is 0. The Kier molecular flexibility index (Phi) is 58.4. The molecule has 6 heteroatoms. The van der Waals surface area contributed by atoms with Crippen LogP contribution in [0.15, 0.2) is 0 Å². The second kappa shape index (κ2) is 59.7. The van der Waals surface area contributed by atoms with Gasteiger partial charge in [0.25, 0.3) is 0 Å². The number of carbonyl (C=O) groups excluding carboxylic acids is 3. The minimum absolute atomic E-state index is 0.0617. The molecule has 0 aliphatic heterocycles. The first-order valence-electron chi connectivity index (χ1n) is 33.2. The molecule has 0 saturated carbocycles. The molecule has 0 amide bonds. The van der Waals surface area contributed by atoms with Crippen LogP contribution in [0, 0.1) is 11.8 Å². The second-order valence-electron chi connectivity index (χ2n) is 24.1. The summed E-state index contributed by atoms with van der Waals surface area (Å²) in [6.07, 6.45) is 66.8. The van der Waals surface area contributed by atoms with Gasteiger partial charge in [0.2, 0.25) is 0 Å². The number of rotatable bonds is 61. The summed E-state index contributed by atoms with van der Waals surface area (Å²) in [4.78, 5) is 38.4. The Hall–Kier alpha value is -1.59. The van der Waals surface area contributed by atoms with E-state index in [4.69, 9.17) is 14.2 Å². The first kappa shape index (κ1) is 71.4. The van der Waals surface area contributed by atoms with Crippen LogP contribution in [-0.2, 0) is 28.6 Å². The van der Waals surface area contributed by atoms with Crippen LogP contribution in [0.2, 0.25) is 0 Å². The van der Waals surface area contributed by atoms with Gasteiger partial charge in [-0.25, -0.2) is 0 Å². The van der Waals surface area contributed by atoms with E-state index in [0.717, 1.165) is 69.6 Å². The van der Waals surface area contributed by atoms with E-state index in [9.17, 15) is 14.4 Å². The molecule has 0 aromatic carbocycles. The van der Waals surface area contributed by atoms with Crippen molar-refractivity contribution >= 4 is 17.9 Å². The van der Waals surface area contributed by atoms with Crippen LogP contribution in [0.1, 0.15) is 381 Å². The molecule has 0 radical (unpaired) electrons. The van der Waals surface area contributed by atoms with Gasteiger partial charge >= 0.3 is 17.9 Å². The molecule has 0 bridgehead atoms. The van der Waals surface area contributed by atoms with Gasteiger partial charge in [-0.05, 0) is 31.1 Å². The summed E-state index contributed by atoms with van der Waals surface area (Å²) in [5.74, 6) is 0.862. The van der Waals surface area contributed by atoms with Crippen LogP contribution in [0.25, 0.3) is 0 Å². The fourth-order valence-corrected chi connectivity index (χ4v) is 10.5. The maximum absolute atomic E-state index is 12.9. The molecule has 0 heterocycles. The van der Waals surface area contributed by atoms with Gasteiger partial charge in [-0.3, -0.25) is 14.4 Å². The summed E-state index contributed by atoms with van der Waals surface area (Å²) < 4.78 is 17.0. The first-order chi connectivity index (χ1) is 35.7. The predicted molar refractivity (Wildman–Crippen MR) is 316 cm³/mol. The van der Waals surface area contributed by atoms with E-state index in [0.29, 0.717) is 19.3 Å². The Morgan fingerprint density at radius 3 is 0.671 bits per heavy atom. The number of hydrogen-bond acceptors (Lipinski definition) is 6. The van der Waals surface area contributed by atoms with E-state index < -0.39 is 6.10 Å². The molecule has 0 spiro atoms. The first-order valence-corrected chi connectivity index (χ1v) is 33.2. The summed E-state index contributed by atoms with van der Waals surface area (Å²) >= 11 is 0. The van der Waals surface area contributed by atoms with E-state index in [-0.39, 0.29) is 31.1 Å². The van der Waals surface area contributed by atoms with Crippen LogP contribution < -0.4 is 0 Å². The number of ether oxygens (including phenoxy) is 3. The molecule has 434 valence electrons. The number of esters is 3. The number of hydrogen-bond donors (Lipinski definition) is 0. The molecule has 0 unspecified atom stereocenters. The van der Waals surface area contributed by atoms with Gasteiger partial charge in [0.1, 0.15) is 13.2 Å². The molecule has 0 rings (SSSR count). The lowest BCUT2D eigenvalue weighted by Gasteiger charge is -2.18. The molecule has 0 saturated heterocycles. The Labute approximate surface area is 457 Å². The van der Waals surface area contributed by atoms with Crippen molar-refractivity contribution in [3.63, 3.8) is 0 Å². The predicted octanol–water partition coefficient (Wildman–Crippen LogP) is 22.4. The summed E-state index contributed by atoms with van der Waals surface area (Å²) in [6.45, 7) is 11.5. The normalized spacial score (nSPS) is 12.0. The van der Waals surface area contributed by atoms with Gasteiger partial charge in [-0.1, -0.05) is 343 Å². The molecule has 0 aromatic rings. The number of unbranched alkanes of at least 4 members (excludes halogenated alkanes) is 46. The molecule has 1 atom stereocenters. The van der Waals surface area contributed by atoms with Crippen molar-refractivity contribution in [1.82, 2.24) is 0 Å². The van der Waals surface area contributed by atoms with Gasteiger partial charge < -0.3 is 14.2 Å². The highest BCUT2D eigenvalue weighted by Crippen LogP contribution is 2.19. The molecule has 73 heavy (non-hydrogen) atoms. The van der Waals surface area contributed by atoms with Gasteiger partial charge in [0.05, 0.1) is 0 Å². The largest absolute Gasteiger partial charge is 0.462 e. The lowest BCUT2D eigenvalue weighted by atomic mass is 10.0. The molecule has 0 aliphatic carbocycles. The van der Waals surface area contributed by atoms with E-state index >= 15 is 0 Å². The quantitative estimate of drug-likeness (QED) is 0.0343. The van der Waals surface area contributed by atoms with E-state index in [2.05, 4.69) is 34.6 Å². The molecule has 0 fully saturated rings. The Balaban J connectivity index is 4.25. The molecular weight excluding hydrogens is 901 g/mol. The third-order valence-corrected chi connectivity index (χ3v) is 15.5. The highest BCUT2D eigenvalue weighted by molar-refractivity contribution is 5.71. The van der Waals surface area contributed by atoms with E-state index in [1.54, 1.807) is 0 Å². The number of carbonyl (C=O) groups is 3. The Bertz CT molecular complexity index is 1120. The van der Waals surface area contributed by atoms with Crippen molar-refractivity contribution in [1.29, 1.82) is 0 Å². The van der Waals surface area contributed by atoms with Crippen molar-refractivity contribution < 1.29 is 28.6 Å². The van der Waals surface area contributed by atoms with Crippen molar-refractivity contribution in [3.05, 3.63) is 0 Å². The van der Waals surface area contributed by atoms with Crippen LogP contribution in [0.3, 0.4) is 0 Å². The van der Waals surface area contributed by atoms with E-state index in [1.165, 1.54) is 270 Å². The van der Waals surface area contributed by atoms with Gasteiger partial charge in [0.15, 0.2) is 6.10 Å². The summed E-state index contributed by atoms with van der Waals surface area (Å²) in [5.41, 5.74) is 0. The van der Waals surface area contributed by atoms with Crippen LogP contribution in [-0.4, -0.2) is 37.2 Å². The average molecular weight is 1030 g/mol. The van der Waals surface area contributed by atoms with Gasteiger partial charge in [-0.2, -0.15) is 0 Å². The van der Waals surface area contributed by atoms with Crippen molar-refractivity contribution in [2.75, 3.05) is 13.2 Å². The highest BCUT2D eigenvalue weighted by Gasteiger charge is 2.19. The summed E-state index contributed by atoms with van der Waals surface area (Å²) in [7, 11) is 0. The third kappa shape index (κ3) is 61.1. The monoisotopic (exact) mass is 1030 g/mol. The second-order valence-corrected chi connectivity index (χ2v) is 24.1. The van der Waals surface area contributed by atoms with Gasteiger partial charge in [0, 0.05) is 19.3 Å². The molecule has 0 aliphatic rings. The summed E-state index contributed by atoms with van der Waals surface area (Å²) in [6, 6.07) is 0. The van der Waals surface area contributed by atoms with E-state index in [1.807, 2.05) is 0 Å². The Morgan fingerprint density at radius 2 is 0.452 bits per heavy atom. The van der Waals surface area contributed by atoms with Crippen LogP contribution >= 0.6 is 0 Å². The topological polar surface area (TPSA) is 78.9 Å².